The van der Waals surface area contributed by atoms with E-state index in [2.05, 4.69) is 5.32 Å². The Bertz CT molecular complexity index is 489. The van der Waals surface area contributed by atoms with E-state index in [1.165, 1.54) is 0 Å². The number of anilines is 1. The molecule has 1 aromatic carbocycles. The minimum Gasteiger partial charge on any atom is -0.481 e. The van der Waals surface area contributed by atoms with Crippen molar-refractivity contribution in [2.75, 3.05) is 5.32 Å². The average Bonchev–Trinajstić information content (AvgIpc) is 2.35. The monoisotopic (exact) mass is 261 g/mol. The van der Waals surface area contributed by atoms with Gasteiger partial charge >= 0.3 is 5.97 Å². The Labute approximate surface area is 112 Å². The minimum atomic E-state index is -0.848. The Hall–Kier alpha value is -1.84. The van der Waals surface area contributed by atoms with Crippen LogP contribution in [0.3, 0.4) is 0 Å². The lowest BCUT2D eigenvalue weighted by Crippen LogP contribution is -2.39. The first-order valence-corrected chi connectivity index (χ1v) is 6.57. The number of rotatable bonds is 4. The lowest BCUT2D eigenvalue weighted by atomic mass is 9.70. The molecule has 1 amide bonds. The maximum atomic E-state index is 12.0. The molecule has 1 aliphatic rings. The fourth-order valence-electron chi connectivity index (χ4n) is 2.21. The van der Waals surface area contributed by atoms with Gasteiger partial charge in [-0.1, -0.05) is 25.5 Å². The van der Waals surface area contributed by atoms with E-state index in [1.54, 1.807) is 31.2 Å². The van der Waals surface area contributed by atoms with Crippen LogP contribution in [0.1, 0.15) is 44.6 Å². The first-order valence-electron chi connectivity index (χ1n) is 6.57. The quantitative estimate of drug-likeness (QED) is 0.875. The maximum Gasteiger partial charge on any atom is 0.310 e. The van der Waals surface area contributed by atoms with Gasteiger partial charge in [-0.3, -0.25) is 9.59 Å². The normalized spacial score (nSPS) is 18.2. The lowest BCUT2D eigenvalue weighted by Gasteiger charge is -2.36. The van der Waals surface area contributed by atoms with E-state index >= 15 is 0 Å². The van der Waals surface area contributed by atoms with Crippen LogP contribution in [0.25, 0.3) is 0 Å². The largest absolute Gasteiger partial charge is 0.481 e. The van der Waals surface area contributed by atoms with Gasteiger partial charge in [-0.2, -0.15) is 0 Å². The molecule has 0 bridgehead atoms. The van der Waals surface area contributed by atoms with Gasteiger partial charge in [0.25, 0.3) is 0 Å². The summed E-state index contributed by atoms with van der Waals surface area (Å²) < 4.78 is 0. The molecule has 0 spiro atoms. The highest BCUT2D eigenvalue weighted by atomic mass is 16.4. The number of amides is 1. The van der Waals surface area contributed by atoms with Gasteiger partial charge in [-0.25, -0.2) is 0 Å². The van der Waals surface area contributed by atoms with Crippen molar-refractivity contribution in [1.29, 1.82) is 0 Å². The zero-order valence-corrected chi connectivity index (χ0v) is 11.3. The predicted molar refractivity (Wildman–Crippen MR) is 73.1 cm³/mol. The first-order chi connectivity index (χ1) is 8.92. The van der Waals surface area contributed by atoms with Gasteiger partial charge in [0.05, 0.1) is 5.92 Å². The summed E-state index contributed by atoms with van der Waals surface area (Å²) >= 11 is 0. The van der Waals surface area contributed by atoms with E-state index in [9.17, 15) is 9.59 Å². The zero-order valence-electron chi connectivity index (χ0n) is 11.3. The SMILES string of the molecule is CC(C(=O)O)c1ccc(NC(=O)C2(C)CCC2)cc1. The molecule has 1 fully saturated rings. The van der Waals surface area contributed by atoms with Crippen LogP contribution < -0.4 is 5.32 Å². The van der Waals surface area contributed by atoms with Gasteiger partial charge in [-0.05, 0) is 37.5 Å². The third-order valence-corrected chi connectivity index (χ3v) is 4.04. The van der Waals surface area contributed by atoms with Crippen molar-refractivity contribution in [3.63, 3.8) is 0 Å². The third kappa shape index (κ3) is 2.78. The van der Waals surface area contributed by atoms with Crippen LogP contribution in [-0.2, 0) is 9.59 Å². The van der Waals surface area contributed by atoms with Crippen molar-refractivity contribution in [3.8, 4) is 0 Å². The number of hydrogen-bond acceptors (Lipinski definition) is 2. The Morgan fingerprint density at radius 1 is 1.26 bits per heavy atom. The van der Waals surface area contributed by atoms with Gasteiger partial charge in [0.1, 0.15) is 0 Å². The van der Waals surface area contributed by atoms with Gasteiger partial charge in [0.2, 0.25) is 5.91 Å². The summed E-state index contributed by atoms with van der Waals surface area (Å²) in [6.45, 7) is 3.62. The average molecular weight is 261 g/mol. The molecule has 0 saturated heterocycles. The molecule has 1 saturated carbocycles. The van der Waals surface area contributed by atoms with Crippen LogP contribution in [0.2, 0.25) is 0 Å². The fraction of sp³-hybridized carbons (Fsp3) is 0.467. The van der Waals surface area contributed by atoms with Crippen molar-refractivity contribution in [3.05, 3.63) is 29.8 Å². The summed E-state index contributed by atoms with van der Waals surface area (Å²) in [5.74, 6) is -1.33. The number of benzene rings is 1. The van der Waals surface area contributed by atoms with E-state index < -0.39 is 11.9 Å². The Kier molecular flexibility index (Phi) is 3.60. The maximum absolute atomic E-state index is 12.0. The standard InChI is InChI=1S/C15H19NO3/c1-10(13(17)18)11-4-6-12(7-5-11)16-14(19)15(2)8-3-9-15/h4-7,10H,3,8-9H2,1-2H3,(H,16,19)(H,17,18). The number of carbonyl (C=O) groups is 2. The molecule has 1 aromatic rings. The second-order valence-electron chi connectivity index (χ2n) is 5.55. The summed E-state index contributed by atoms with van der Waals surface area (Å²) in [7, 11) is 0. The number of nitrogens with one attached hydrogen (secondary N) is 1. The highest BCUT2D eigenvalue weighted by molar-refractivity contribution is 5.95. The first kappa shape index (κ1) is 13.6. The molecule has 1 aliphatic carbocycles. The summed E-state index contributed by atoms with van der Waals surface area (Å²) in [5.41, 5.74) is 1.23. The number of carbonyl (C=O) groups excluding carboxylic acids is 1. The third-order valence-electron chi connectivity index (χ3n) is 4.04. The van der Waals surface area contributed by atoms with Crippen molar-refractivity contribution in [1.82, 2.24) is 0 Å². The second kappa shape index (κ2) is 5.03. The molecule has 0 aromatic heterocycles. The van der Waals surface area contributed by atoms with Gasteiger partial charge in [0, 0.05) is 11.1 Å². The van der Waals surface area contributed by atoms with E-state index in [0.717, 1.165) is 30.5 Å². The molecular weight excluding hydrogens is 242 g/mol. The lowest BCUT2D eigenvalue weighted by molar-refractivity contribution is -0.138. The minimum absolute atomic E-state index is 0.0535. The highest BCUT2D eigenvalue weighted by Gasteiger charge is 2.39. The number of carboxylic acids is 1. The van der Waals surface area contributed by atoms with Crippen LogP contribution >= 0.6 is 0 Å². The van der Waals surface area contributed by atoms with Crippen molar-refractivity contribution in [2.45, 2.75) is 39.0 Å². The summed E-state index contributed by atoms with van der Waals surface area (Å²) in [6, 6.07) is 7.01. The fourth-order valence-corrected chi connectivity index (χ4v) is 2.21. The molecule has 0 aliphatic heterocycles. The number of hydrogen-bond donors (Lipinski definition) is 2. The second-order valence-corrected chi connectivity index (χ2v) is 5.55. The predicted octanol–water partition coefficient (Wildman–Crippen LogP) is 3.00. The Morgan fingerprint density at radius 2 is 1.84 bits per heavy atom. The summed E-state index contributed by atoms with van der Waals surface area (Å²) in [5, 5.41) is 11.8. The molecule has 19 heavy (non-hydrogen) atoms. The molecule has 1 atom stereocenters. The summed E-state index contributed by atoms with van der Waals surface area (Å²) in [4.78, 5) is 22.9. The molecule has 4 heteroatoms. The van der Waals surface area contributed by atoms with Crippen LogP contribution in [0.5, 0.6) is 0 Å². The van der Waals surface area contributed by atoms with Crippen molar-refractivity contribution >= 4 is 17.6 Å². The summed E-state index contributed by atoms with van der Waals surface area (Å²) in [6.07, 6.45) is 2.99. The van der Waals surface area contributed by atoms with E-state index in [-0.39, 0.29) is 11.3 Å². The Balaban J connectivity index is 2.03. The van der Waals surface area contributed by atoms with Gasteiger partial charge in [-0.15, -0.1) is 0 Å². The number of carboxylic acid groups (broad SMARTS) is 1. The highest BCUT2D eigenvalue weighted by Crippen LogP contribution is 2.41. The van der Waals surface area contributed by atoms with Gasteiger partial charge < -0.3 is 10.4 Å². The van der Waals surface area contributed by atoms with E-state index in [0.29, 0.717) is 0 Å². The molecule has 2 N–H and O–H groups in total. The molecule has 0 heterocycles. The van der Waals surface area contributed by atoms with Gasteiger partial charge in [0.15, 0.2) is 0 Å². The molecule has 102 valence electrons. The number of aliphatic carboxylic acids is 1. The van der Waals surface area contributed by atoms with Crippen LogP contribution in [-0.4, -0.2) is 17.0 Å². The van der Waals surface area contributed by atoms with Crippen molar-refractivity contribution in [2.24, 2.45) is 5.41 Å². The molecule has 4 nitrogen and oxygen atoms in total. The van der Waals surface area contributed by atoms with E-state index in [1.807, 2.05) is 6.92 Å². The van der Waals surface area contributed by atoms with Crippen molar-refractivity contribution < 1.29 is 14.7 Å². The zero-order chi connectivity index (χ0) is 14.0. The van der Waals surface area contributed by atoms with Crippen LogP contribution in [0, 0.1) is 5.41 Å². The molecular formula is C15H19NO3. The molecule has 0 radical (unpaired) electrons. The topological polar surface area (TPSA) is 66.4 Å². The smallest absolute Gasteiger partial charge is 0.310 e. The Morgan fingerprint density at radius 3 is 2.26 bits per heavy atom. The van der Waals surface area contributed by atoms with Crippen LogP contribution in [0.4, 0.5) is 5.69 Å². The van der Waals surface area contributed by atoms with E-state index in [4.69, 9.17) is 5.11 Å². The molecule has 2 rings (SSSR count). The molecule has 1 unspecified atom stereocenters. The van der Waals surface area contributed by atoms with Crippen LogP contribution in [0.15, 0.2) is 24.3 Å².